The Labute approximate surface area is 158 Å². The number of hydrogen-bond donors (Lipinski definition) is 0. The van der Waals surface area contributed by atoms with Gasteiger partial charge in [0.1, 0.15) is 23.0 Å². The molecule has 1 aliphatic carbocycles. The van der Waals surface area contributed by atoms with Crippen LogP contribution in [-0.4, -0.2) is 22.0 Å². The molecule has 136 valence electrons. The third-order valence-corrected chi connectivity index (χ3v) is 5.59. The van der Waals surface area contributed by atoms with Crippen molar-refractivity contribution in [3.05, 3.63) is 41.3 Å². The lowest BCUT2D eigenvalue weighted by atomic mass is 9.88. The fourth-order valence-corrected chi connectivity index (χ4v) is 4.20. The third-order valence-electron chi connectivity index (χ3n) is 5.31. The molecular formula is C20H22ClN3O2. The van der Waals surface area contributed by atoms with Crippen molar-refractivity contribution in [2.75, 3.05) is 4.90 Å². The van der Waals surface area contributed by atoms with E-state index >= 15 is 0 Å². The number of aromatic nitrogens is 2. The maximum Gasteiger partial charge on any atom is 0.243 e. The smallest absolute Gasteiger partial charge is 0.243 e. The van der Waals surface area contributed by atoms with E-state index < -0.39 is 5.41 Å². The van der Waals surface area contributed by atoms with Gasteiger partial charge < -0.3 is 4.74 Å². The Morgan fingerprint density at radius 2 is 1.81 bits per heavy atom. The molecule has 0 atom stereocenters. The number of halogens is 1. The summed E-state index contributed by atoms with van der Waals surface area (Å²) in [5.41, 5.74) is 0.673. The fraction of sp³-hybridized carbons (Fsp3) is 0.450. The maximum absolute atomic E-state index is 13.0. The van der Waals surface area contributed by atoms with Crippen molar-refractivity contribution in [3.63, 3.8) is 0 Å². The Morgan fingerprint density at radius 3 is 2.50 bits per heavy atom. The molecule has 2 aromatic rings. The first-order chi connectivity index (χ1) is 12.5. The average molecular weight is 372 g/mol. The Hall–Kier alpha value is -2.14. The van der Waals surface area contributed by atoms with Gasteiger partial charge >= 0.3 is 0 Å². The minimum Gasteiger partial charge on any atom is -0.490 e. The topological polar surface area (TPSA) is 55.3 Å². The lowest BCUT2D eigenvalue weighted by molar-refractivity contribution is -0.121. The minimum absolute atomic E-state index is 0.0594. The summed E-state index contributed by atoms with van der Waals surface area (Å²) in [5, 5.41) is 0.327. The van der Waals surface area contributed by atoms with Crippen LogP contribution in [0.4, 0.5) is 11.5 Å². The van der Waals surface area contributed by atoms with Crippen LogP contribution in [0.25, 0.3) is 0 Å². The molecule has 0 saturated heterocycles. The molecule has 1 aliphatic heterocycles. The summed E-state index contributed by atoms with van der Waals surface area (Å²) in [6.45, 7) is 3.70. The van der Waals surface area contributed by atoms with Crippen LogP contribution >= 0.6 is 11.6 Å². The van der Waals surface area contributed by atoms with Crippen LogP contribution < -0.4 is 9.64 Å². The van der Waals surface area contributed by atoms with Gasteiger partial charge in [0.25, 0.3) is 0 Å². The minimum atomic E-state index is -0.759. The molecule has 1 amide bonds. The van der Waals surface area contributed by atoms with Gasteiger partial charge in [-0.3, -0.25) is 9.69 Å². The first-order valence-electron chi connectivity index (χ1n) is 9.11. The molecule has 1 saturated carbocycles. The van der Waals surface area contributed by atoms with E-state index in [0.717, 1.165) is 24.3 Å². The van der Waals surface area contributed by atoms with Gasteiger partial charge in [-0.25, -0.2) is 9.97 Å². The molecule has 0 N–H and O–H groups in total. The van der Waals surface area contributed by atoms with Crippen molar-refractivity contribution in [1.82, 2.24) is 9.97 Å². The van der Waals surface area contributed by atoms with Crippen molar-refractivity contribution < 1.29 is 9.53 Å². The molecule has 0 radical (unpaired) electrons. The van der Waals surface area contributed by atoms with E-state index in [9.17, 15) is 4.79 Å². The number of amides is 1. The highest BCUT2D eigenvalue weighted by Crippen LogP contribution is 2.46. The second-order valence-electron chi connectivity index (χ2n) is 7.50. The van der Waals surface area contributed by atoms with Crippen LogP contribution in [-0.2, 0) is 10.2 Å². The molecule has 26 heavy (non-hydrogen) atoms. The third kappa shape index (κ3) is 2.84. The molecule has 6 heteroatoms. The summed E-state index contributed by atoms with van der Waals surface area (Å²) < 4.78 is 6.08. The number of carbonyl (C=O) groups is 1. The molecule has 2 heterocycles. The Morgan fingerprint density at radius 1 is 1.12 bits per heavy atom. The molecule has 1 aromatic carbocycles. The van der Waals surface area contributed by atoms with Crippen LogP contribution in [0.2, 0.25) is 5.15 Å². The van der Waals surface area contributed by atoms with E-state index in [0.29, 0.717) is 22.6 Å². The van der Waals surface area contributed by atoms with Gasteiger partial charge in [0.15, 0.2) is 0 Å². The van der Waals surface area contributed by atoms with Crippen molar-refractivity contribution in [2.45, 2.75) is 57.5 Å². The first kappa shape index (κ1) is 17.3. The lowest BCUT2D eigenvalue weighted by Crippen LogP contribution is -2.33. The van der Waals surface area contributed by atoms with Crippen LogP contribution in [0.3, 0.4) is 0 Å². The standard InChI is InChI=1S/C20H22ClN3O2/c1-20(2)16-17(21)22-12-23-18(16)24(19(20)25)13-8-10-15(11-9-13)26-14-6-4-3-5-7-14/h8-12,14H,3-7H2,1-2H3. The summed E-state index contributed by atoms with van der Waals surface area (Å²) in [6.07, 6.45) is 7.69. The Balaban J connectivity index is 1.62. The molecule has 1 fully saturated rings. The number of benzene rings is 1. The van der Waals surface area contributed by atoms with Crippen LogP contribution in [0.15, 0.2) is 30.6 Å². The largest absolute Gasteiger partial charge is 0.490 e. The summed E-state index contributed by atoms with van der Waals surface area (Å²) in [7, 11) is 0. The Bertz CT molecular complexity index is 829. The van der Waals surface area contributed by atoms with Gasteiger partial charge in [0.2, 0.25) is 5.91 Å². The number of nitrogens with zero attached hydrogens (tertiary/aromatic N) is 3. The van der Waals surface area contributed by atoms with Crippen molar-refractivity contribution in [1.29, 1.82) is 0 Å². The SMILES string of the molecule is CC1(C)C(=O)N(c2ccc(OC3CCCCC3)cc2)c2ncnc(Cl)c21. The fourth-order valence-electron chi connectivity index (χ4n) is 3.83. The second-order valence-corrected chi connectivity index (χ2v) is 7.86. The number of carbonyl (C=O) groups excluding carboxylic acids is 1. The predicted molar refractivity (Wildman–Crippen MR) is 101 cm³/mol. The average Bonchev–Trinajstić information content (AvgIpc) is 2.84. The summed E-state index contributed by atoms with van der Waals surface area (Å²) >= 11 is 6.26. The normalized spacial score (nSPS) is 19.5. The zero-order valence-corrected chi connectivity index (χ0v) is 15.8. The molecule has 0 unspecified atom stereocenters. The highest BCUT2D eigenvalue weighted by atomic mass is 35.5. The van der Waals surface area contributed by atoms with Gasteiger partial charge in [0, 0.05) is 5.56 Å². The zero-order chi connectivity index (χ0) is 18.3. The van der Waals surface area contributed by atoms with Gasteiger partial charge in [0.05, 0.1) is 17.2 Å². The maximum atomic E-state index is 13.0. The van der Waals surface area contributed by atoms with E-state index in [2.05, 4.69) is 9.97 Å². The summed E-state index contributed by atoms with van der Waals surface area (Å²) in [4.78, 5) is 23.0. The van der Waals surface area contributed by atoms with Crippen LogP contribution in [0.5, 0.6) is 5.75 Å². The van der Waals surface area contributed by atoms with Crippen molar-refractivity contribution in [3.8, 4) is 5.75 Å². The number of hydrogen-bond acceptors (Lipinski definition) is 4. The van der Waals surface area contributed by atoms with E-state index in [1.807, 2.05) is 38.1 Å². The molecule has 0 bridgehead atoms. The van der Waals surface area contributed by atoms with Crippen LogP contribution in [0.1, 0.15) is 51.5 Å². The van der Waals surface area contributed by atoms with Gasteiger partial charge in [-0.1, -0.05) is 18.0 Å². The molecule has 1 aromatic heterocycles. The number of ether oxygens (including phenoxy) is 1. The monoisotopic (exact) mass is 371 g/mol. The lowest BCUT2D eigenvalue weighted by Gasteiger charge is -2.24. The summed E-state index contributed by atoms with van der Waals surface area (Å²) in [5.74, 6) is 1.34. The summed E-state index contributed by atoms with van der Waals surface area (Å²) in [6, 6.07) is 7.64. The molecule has 0 spiro atoms. The van der Waals surface area contributed by atoms with E-state index in [-0.39, 0.29) is 5.91 Å². The Kier molecular flexibility index (Phi) is 4.35. The van der Waals surface area contributed by atoms with E-state index in [1.165, 1.54) is 25.6 Å². The first-order valence-corrected chi connectivity index (χ1v) is 9.48. The van der Waals surface area contributed by atoms with E-state index in [1.54, 1.807) is 4.90 Å². The van der Waals surface area contributed by atoms with Gasteiger partial charge in [-0.05, 0) is 63.8 Å². The number of rotatable bonds is 3. The van der Waals surface area contributed by atoms with Gasteiger partial charge in [-0.2, -0.15) is 0 Å². The van der Waals surface area contributed by atoms with Crippen molar-refractivity contribution >= 4 is 29.0 Å². The number of anilines is 2. The quantitative estimate of drug-likeness (QED) is 0.727. The second kappa shape index (κ2) is 6.54. The molecule has 5 nitrogen and oxygen atoms in total. The highest BCUT2D eigenvalue weighted by Gasteiger charge is 2.47. The highest BCUT2D eigenvalue weighted by molar-refractivity contribution is 6.32. The van der Waals surface area contributed by atoms with Crippen LogP contribution in [0, 0.1) is 0 Å². The van der Waals surface area contributed by atoms with Gasteiger partial charge in [-0.15, -0.1) is 0 Å². The zero-order valence-electron chi connectivity index (χ0n) is 15.0. The predicted octanol–water partition coefficient (Wildman–Crippen LogP) is 4.80. The molecule has 2 aliphatic rings. The molecule has 4 rings (SSSR count). The molecular weight excluding hydrogens is 350 g/mol. The number of fused-ring (bicyclic) bond motifs is 1. The van der Waals surface area contributed by atoms with E-state index in [4.69, 9.17) is 16.3 Å². The van der Waals surface area contributed by atoms with Crippen molar-refractivity contribution in [2.24, 2.45) is 0 Å².